The average Bonchev–Trinajstić information content (AvgIpc) is 1.94. The molecule has 0 heterocycles. The topological polar surface area (TPSA) is 26.0 Å². The third-order valence-corrected chi connectivity index (χ3v) is 1.46. The van der Waals surface area contributed by atoms with Crippen LogP contribution in [0.5, 0.6) is 0 Å². The van der Waals surface area contributed by atoms with Gasteiger partial charge in [-0.2, -0.15) is 0 Å². The Balaban J connectivity index is 3.09. The second-order valence-electron chi connectivity index (χ2n) is 1.94. The second kappa shape index (κ2) is 2.99. The van der Waals surface area contributed by atoms with Crippen molar-refractivity contribution in [2.24, 2.45) is 5.73 Å². The molecule has 10 heavy (non-hydrogen) atoms. The van der Waals surface area contributed by atoms with E-state index in [0.717, 1.165) is 0 Å². The molecule has 2 N–H and O–H groups in total. The van der Waals surface area contributed by atoms with Crippen molar-refractivity contribution in [2.45, 2.75) is 6.54 Å². The quantitative estimate of drug-likeness (QED) is 0.666. The van der Waals surface area contributed by atoms with Gasteiger partial charge in [0.25, 0.3) is 0 Å². The molecule has 0 unspecified atom stereocenters. The molecule has 0 saturated heterocycles. The first-order valence-electron chi connectivity index (χ1n) is 2.88. The number of halogens is 2. The first-order chi connectivity index (χ1) is 4.74. The van der Waals surface area contributed by atoms with Gasteiger partial charge in [-0.15, -0.1) is 0 Å². The van der Waals surface area contributed by atoms with Crippen LogP contribution in [0.25, 0.3) is 0 Å². The summed E-state index contributed by atoms with van der Waals surface area (Å²) < 4.78 is 12.6. The van der Waals surface area contributed by atoms with Crippen LogP contribution in [0.1, 0.15) is 5.56 Å². The first-order valence-corrected chi connectivity index (χ1v) is 3.26. The number of nitrogens with two attached hydrogens (primary N) is 1. The van der Waals surface area contributed by atoms with Crippen molar-refractivity contribution < 1.29 is 4.39 Å². The molecule has 0 atom stereocenters. The van der Waals surface area contributed by atoms with E-state index in [2.05, 4.69) is 0 Å². The lowest BCUT2D eigenvalue weighted by Gasteiger charge is -1.97. The maximum absolute atomic E-state index is 12.6. The standard InChI is InChI=1S/C7H7ClFN/c8-6-1-2-7(9)5(3-6)4-10/h1-3H,4,10H2. The molecule has 0 aromatic heterocycles. The van der Waals surface area contributed by atoms with Crippen molar-refractivity contribution in [3.8, 4) is 0 Å². The molecule has 0 amide bonds. The molecule has 0 aliphatic heterocycles. The molecular weight excluding hydrogens is 153 g/mol. The van der Waals surface area contributed by atoms with Crippen molar-refractivity contribution in [1.29, 1.82) is 0 Å². The average molecular weight is 160 g/mol. The van der Waals surface area contributed by atoms with E-state index in [0.29, 0.717) is 10.6 Å². The van der Waals surface area contributed by atoms with Crippen LogP contribution in [0.3, 0.4) is 0 Å². The zero-order chi connectivity index (χ0) is 7.56. The Morgan fingerprint density at radius 1 is 1.50 bits per heavy atom. The summed E-state index contributed by atoms with van der Waals surface area (Å²) in [6.45, 7) is 0.187. The van der Waals surface area contributed by atoms with E-state index in [1.54, 1.807) is 0 Å². The van der Waals surface area contributed by atoms with Crippen LogP contribution in [0.4, 0.5) is 4.39 Å². The minimum Gasteiger partial charge on any atom is -0.326 e. The van der Waals surface area contributed by atoms with Crippen molar-refractivity contribution in [2.75, 3.05) is 0 Å². The van der Waals surface area contributed by atoms with E-state index in [9.17, 15) is 4.39 Å². The lowest BCUT2D eigenvalue weighted by atomic mass is 10.2. The number of rotatable bonds is 1. The van der Waals surface area contributed by atoms with Gasteiger partial charge in [-0.1, -0.05) is 11.6 Å². The Labute approximate surface area is 63.6 Å². The van der Waals surface area contributed by atoms with Gasteiger partial charge in [-0.25, -0.2) is 4.39 Å². The number of benzene rings is 1. The summed E-state index contributed by atoms with van der Waals surface area (Å²) in [6.07, 6.45) is 0. The Kier molecular flexibility index (Phi) is 2.25. The smallest absolute Gasteiger partial charge is 0.127 e. The van der Waals surface area contributed by atoms with Crippen LogP contribution >= 0.6 is 11.6 Å². The number of hydrogen-bond donors (Lipinski definition) is 1. The highest BCUT2D eigenvalue weighted by Gasteiger charge is 1.98. The third-order valence-electron chi connectivity index (χ3n) is 1.23. The van der Waals surface area contributed by atoms with E-state index in [4.69, 9.17) is 17.3 Å². The van der Waals surface area contributed by atoms with Gasteiger partial charge >= 0.3 is 0 Å². The summed E-state index contributed by atoms with van der Waals surface area (Å²) in [5.74, 6) is -0.299. The molecule has 0 bridgehead atoms. The molecule has 1 rings (SSSR count). The lowest BCUT2D eigenvalue weighted by Crippen LogP contribution is -1.98. The number of hydrogen-bond acceptors (Lipinski definition) is 1. The van der Waals surface area contributed by atoms with Crippen LogP contribution < -0.4 is 5.73 Å². The molecule has 1 aromatic rings. The van der Waals surface area contributed by atoms with Crippen LogP contribution in [0.2, 0.25) is 5.02 Å². The van der Waals surface area contributed by atoms with Gasteiger partial charge in [0.15, 0.2) is 0 Å². The predicted octanol–water partition coefficient (Wildman–Crippen LogP) is 1.94. The van der Waals surface area contributed by atoms with Crippen LogP contribution in [0, 0.1) is 5.82 Å². The second-order valence-corrected chi connectivity index (χ2v) is 2.38. The van der Waals surface area contributed by atoms with Gasteiger partial charge in [-0.05, 0) is 18.2 Å². The van der Waals surface area contributed by atoms with Gasteiger partial charge in [0.2, 0.25) is 0 Å². The van der Waals surface area contributed by atoms with Crippen molar-refractivity contribution >= 4 is 11.6 Å². The van der Waals surface area contributed by atoms with E-state index in [-0.39, 0.29) is 12.4 Å². The maximum Gasteiger partial charge on any atom is 0.127 e. The zero-order valence-corrected chi connectivity index (χ0v) is 6.03. The van der Waals surface area contributed by atoms with Gasteiger partial charge in [0.1, 0.15) is 5.82 Å². The first kappa shape index (κ1) is 7.51. The van der Waals surface area contributed by atoms with Crippen molar-refractivity contribution in [3.05, 3.63) is 34.6 Å². The Hall–Kier alpha value is -0.600. The molecule has 0 radical (unpaired) electrons. The van der Waals surface area contributed by atoms with Gasteiger partial charge < -0.3 is 5.73 Å². The molecular formula is C7H7ClFN. The molecule has 0 aliphatic rings. The van der Waals surface area contributed by atoms with Crippen LogP contribution in [0.15, 0.2) is 18.2 Å². The zero-order valence-electron chi connectivity index (χ0n) is 5.27. The van der Waals surface area contributed by atoms with Gasteiger partial charge in [0, 0.05) is 17.1 Å². The Bertz CT molecular complexity index is 237. The monoisotopic (exact) mass is 159 g/mol. The normalized spacial score (nSPS) is 9.90. The predicted molar refractivity (Wildman–Crippen MR) is 39.3 cm³/mol. The SMILES string of the molecule is NCc1cc(Cl)ccc1F. The molecule has 1 aromatic carbocycles. The molecule has 54 valence electrons. The summed E-state index contributed by atoms with van der Waals surface area (Å²) in [6, 6.07) is 4.33. The van der Waals surface area contributed by atoms with Crippen LogP contribution in [-0.2, 0) is 6.54 Å². The fraction of sp³-hybridized carbons (Fsp3) is 0.143. The third kappa shape index (κ3) is 1.46. The highest BCUT2D eigenvalue weighted by atomic mass is 35.5. The minimum absolute atomic E-state index is 0.187. The van der Waals surface area contributed by atoms with E-state index in [1.807, 2.05) is 0 Å². The largest absolute Gasteiger partial charge is 0.326 e. The molecule has 0 spiro atoms. The molecule has 1 nitrogen and oxygen atoms in total. The summed E-state index contributed by atoms with van der Waals surface area (Å²) in [7, 11) is 0. The highest BCUT2D eigenvalue weighted by Crippen LogP contribution is 2.13. The summed E-state index contributed by atoms with van der Waals surface area (Å²) in [4.78, 5) is 0. The van der Waals surface area contributed by atoms with E-state index in [1.165, 1.54) is 18.2 Å². The highest BCUT2D eigenvalue weighted by molar-refractivity contribution is 6.30. The molecule has 0 saturated carbocycles. The van der Waals surface area contributed by atoms with Gasteiger partial charge in [-0.3, -0.25) is 0 Å². The Morgan fingerprint density at radius 3 is 2.70 bits per heavy atom. The summed E-state index contributed by atoms with van der Waals surface area (Å²) in [5.41, 5.74) is 5.67. The van der Waals surface area contributed by atoms with E-state index < -0.39 is 0 Å². The minimum atomic E-state index is -0.299. The van der Waals surface area contributed by atoms with Crippen LogP contribution in [-0.4, -0.2) is 0 Å². The fourth-order valence-electron chi connectivity index (χ4n) is 0.700. The Morgan fingerprint density at radius 2 is 2.20 bits per heavy atom. The maximum atomic E-state index is 12.6. The molecule has 3 heteroatoms. The fourth-order valence-corrected chi connectivity index (χ4v) is 0.894. The summed E-state index contributed by atoms with van der Waals surface area (Å²) in [5, 5.41) is 0.516. The summed E-state index contributed by atoms with van der Waals surface area (Å²) >= 11 is 5.57. The van der Waals surface area contributed by atoms with Crippen molar-refractivity contribution in [1.82, 2.24) is 0 Å². The molecule has 0 aliphatic carbocycles. The van der Waals surface area contributed by atoms with Gasteiger partial charge in [0.05, 0.1) is 0 Å². The van der Waals surface area contributed by atoms with Crippen molar-refractivity contribution in [3.63, 3.8) is 0 Å². The van der Waals surface area contributed by atoms with E-state index >= 15 is 0 Å². The molecule has 0 fully saturated rings. The lowest BCUT2D eigenvalue weighted by molar-refractivity contribution is 0.610.